The molecule has 2 N–H and O–H groups in total. The predicted molar refractivity (Wildman–Crippen MR) is 88.0 cm³/mol. The van der Waals surface area contributed by atoms with E-state index in [1.807, 2.05) is 29.1 Å². The van der Waals surface area contributed by atoms with Crippen LogP contribution < -0.4 is 5.32 Å². The van der Waals surface area contributed by atoms with Crippen LogP contribution in [0.1, 0.15) is 25.8 Å². The summed E-state index contributed by atoms with van der Waals surface area (Å²) in [5, 5.41) is 17.9. The summed E-state index contributed by atoms with van der Waals surface area (Å²) < 4.78 is 2.85. The fourth-order valence-electron chi connectivity index (χ4n) is 2.59. The molecule has 0 spiro atoms. The average Bonchev–Trinajstić information content (AvgIpc) is 2.90. The van der Waals surface area contributed by atoms with Crippen molar-refractivity contribution in [3.63, 3.8) is 0 Å². The third kappa shape index (κ3) is 4.15. The number of halogens is 1. The summed E-state index contributed by atoms with van der Waals surface area (Å²) in [6, 6.07) is 10.4. The number of hydrogen-bond donors (Lipinski definition) is 2. The van der Waals surface area contributed by atoms with Crippen LogP contribution in [0.25, 0.3) is 0 Å². The average molecular weight is 352 g/mol. The van der Waals surface area contributed by atoms with Gasteiger partial charge in [0.25, 0.3) is 0 Å². The third-order valence-corrected chi connectivity index (χ3v) is 3.94. The molecule has 4 nitrogen and oxygen atoms in total. The van der Waals surface area contributed by atoms with Crippen molar-refractivity contribution in [3.05, 3.63) is 52.8 Å². The molecule has 21 heavy (non-hydrogen) atoms. The first-order valence-electron chi connectivity index (χ1n) is 7.18. The Bertz CT molecular complexity index is 556. The Morgan fingerprint density at radius 3 is 2.57 bits per heavy atom. The van der Waals surface area contributed by atoms with E-state index in [9.17, 15) is 5.11 Å². The molecule has 0 fully saturated rings. The first-order chi connectivity index (χ1) is 10.1. The van der Waals surface area contributed by atoms with Gasteiger partial charge in [-0.25, -0.2) is 0 Å². The Hall–Kier alpha value is -1.17. The molecule has 1 unspecified atom stereocenters. The van der Waals surface area contributed by atoms with E-state index in [4.69, 9.17) is 0 Å². The fourth-order valence-corrected chi connectivity index (χ4v) is 2.92. The maximum Gasteiger partial charge on any atom is 0.0688 e. The Morgan fingerprint density at radius 2 is 2.05 bits per heavy atom. The molecule has 0 aliphatic rings. The lowest BCUT2D eigenvalue weighted by Crippen LogP contribution is -2.49. The molecule has 1 heterocycles. The summed E-state index contributed by atoms with van der Waals surface area (Å²) in [5.74, 6) is 0. The van der Waals surface area contributed by atoms with Crippen LogP contribution in [0.2, 0.25) is 0 Å². The molecule has 2 rings (SSSR count). The highest BCUT2D eigenvalue weighted by atomic mass is 79.9. The second-order valence-corrected chi connectivity index (χ2v) is 6.49. The van der Waals surface area contributed by atoms with Crippen molar-refractivity contribution in [2.24, 2.45) is 0 Å². The molecule has 1 aromatic carbocycles. The zero-order valence-electron chi connectivity index (χ0n) is 12.5. The summed E-state index contributed by atoms with van der Waals surface area (Å²) >= 11 is 3.41. The van der Waals surface area contributed by atoms with E-state index in [1.54, 1.807) is 6.20 Å². The van der Waals surface area contributed by atoms with Crippen LogP contribution in [0.15, 0.2) is 47.2 Å². The van der Waals surface area contributed by atoms with Crippen LogP contribution >= 0.6 is 15.9 Å². The molecule has 0 saturated carbocycles. The second-order valence-electron chi connectivity index (χ2n) is 5.58. The highest BCUT2D eigenvalue weighted by molar-refractivity contribution is 9.10. The SMILES string of the molecule is CC(C)NC(CO)(CCn1cc(Br)cn1)c1ccccc1. The number of hydrogen-bond acceptors (Lipinski definition) is 3. The van der Waals surface area contributed by atoms with Crippen LogP contribution in [0.4, 0.5) is 0 Å². The number of rotatable bonds is 7. The summed E-state index contributed by atoms with van der Waals surface area (Å²) in [7, 11) is 0. The number of aryl methyl sites for hydroxylation is 1. The van der Waals surface area contributed by atoms with Gasteiger partial charge in [-0.2, -0.15) is 5.10 Å². The molecule has 0 radical (unpaired) electrons. The monoisotopic (exact) mass is 351 g/mol. The van der Waals surface area contributed by atoms with E-state index >= 15 is 0 Å². The lowest BCUT2D eigenvalue weighted by molar-refractivity contribution is 0.135. The highest BCUT2D eigenvalue weighted by Crippen LogP contribution is 2.26. The molecular formula is C16H22BrN3O. The maximum atomic E-state index is 10.1. The molecule has 0 saturated heterocycles. The van der Waals surface area contributed by atoms with E-state index in [1.165, 1.54) is 0 Å². The van der Waals surface area contributed by atoms with Crippen molar-refractivity contribution in [2.75, 3.05) is 6.61 Å². The summed E-state index contributed by atoms with van der Waals surface area (Å²) in [5.41, 5.74) is 0.654. The van der Waals surface area contributed by atoms with Crippen LogP contribution in [0, 0.1) is 0 Å². The molecule has 0 amide bonds. The van der Waals surface area contributed by atoms with Crippen molar-refractivity contribution in [3.8, 4) is 0 Å². The maximum absolute atomic E-state index is 10.1. The second kappa shape index (κ2) is 7.20. The molecule has 0 bridgehead atoms. The van der Waals surface area contributed by atoms with Crippen LogP contribution in [-0.2, 0) is 12.1 Å². The quantitative estimate of drug-likeness (QED) is 0.806. The molecule has 0 aliphatic heterocycles. The van der Waals surface area contributed by atoms with E-state index in [-0.39, 0.29) is 12.6 Å². The first-order valence-corrected chi connectivity index (χ1v) is 7.97. The summed E-state index contributed by atoms with van der Waals surface area (Å²) in [6.07, 6.45) is 4.49. The molecule has 1 atom stereocenters. The van der Waals surface area contributed by atoms with E-state index in [0.717, 1.165) is 23.0 Å². The number of nitrogens with zero attached hydrogens (tertiary/aromatic N) is 2. The summed E-state index contributed by atoms with van der Waals surface area (Å²) in [4.78, 5) is 0. The lowest BCUT2D eigenvalue weighted by Gasteiger charge is -2.36. The number of nitrogens with one attached hydrogen (secondary N) is 1. The van der Waals surface area contributed by atoms with Crippen LogP contribution in [-0.4, -0.2) is 27.5 Å². The van der Waals surface area contributed by atoms with Gasteiger partial charge in [0.2, 0.25) is 0 Å². The van der Waals surface area contributed by atoms with Gasteiger partial charge in [0.05, 0.1) is 22.8 Å². The van der Waals surface area contributed by atoms with Crippen molar-refractivity contribution in [1.29, 1.82) is 0 Å². The Balaban J connectivity index is 2.22. The van der Waals surface area contributed by atoms with Gasteiger partial charge in [0.1, 0.15) is 0 Å². The zero-order valence-corrected chi connectivity index (χ0v) is 14.0. The fraction of sp³-hybridized carbons (Fsp3) is 0.438. The van der Waals surface area contributed by atoms with Gasteiger partial charge in [-0.05, 0) is 41.8 Å². The number of aliphatic hydroxyl groups excluding tert-OH is 1. The van der Waals surface area contributed by atoms with E-state index in [0.29, 0.717) is 0 Å². The van der Waals surface area contributed by atoms with Gasteiger partial charge in [-0.15, -0.1) is 0 Å². The highest BCUT2D eigenvalue weighted by Gasteiger charge is 2.31. The van der Waals surface area contributed by atoms with Crippen molar-refractivity contribution in [2.45, 2.75) is 38.4 Å². The van der Waals surface area contributed by atoms with Crippen molar-refractivity contribution < 1.29 is 5.11 Å². The van der Waals surface area contributed by atoms with E-state index in [2.05, 4.69) is 52.3 Å². The Kier molecular flexibility index (Phi) is 5.56. The van der Waals surface area contributed by atoms with Crippen molar-refractivity contribution in [1.82, 2.24) is 15.1 Å². The van der Waals surface area contributed by atoms with Gasteiger partial charge in [-0.3, -0.25) is 4.68 Å². The largest absolute Gasteiger partial charge is 0.394 e. The summed E-state index contributed by atoms with van der Waals surface area (Å²) in [6.45, 7) is 4.98. The molecular weight excluding hydrogens is 330 g/mol. The van der Waals surface area contributed by atoms with E-state index < -0.39 is 5.54 Å². The van der Waals surface area contributed by atoms with Gasteiger partial charge >= 0.3 is 0 Å². The van der Waals surface area contributed by atoms with Crippen molar-refractivity contribution >= 4 is 15.9 Å². The zero-order chi connectivity index (χ0) is 15.3. The molecule has 5 heteroatoms. The predicted octanol–water partition coefficient (Wildman–Crippen LogP) is 2.92. The standard InChI is InChI=1S/C16H22BrN3O/c1-13(2)19-16(12-21,14-6-4-3-5-7-14)8-9-20-11-15(17)10-18-20/h3-7,10-11,13,19,21H,8-9,12H2,1-2H3. The normalized spacial score (nSPS) is 14.3. The molecule has 2 aromatic rings. The number of aliphatic hydroxyl groups is 1. The molecule has 0 aliphatic carbocycles. The Labute approximate surface area is 134 Å². The minimum atomic E-state index is -0.451. The first kappa shape index (κ1) is 16.2. The van der Waals surface area contributed by atoms with Gasteiger partial charge in [-0.1, -0.05) is 30.3 Å². The lowest BCUT2D eigenvalue weighted by atomic mass is 9.86. The number of benzene rings is 1. The van der Waals surface area contributed by atoms with Crippen LogP contribution in [0.5, 0.6) is 0 Å². The smallest absolute Gasteiger partial charge is 0.0688 e. The van der Waals surface area contributed by atoms with Gasteiger partial charge < -0.3 is 10.4 Å². The molecule has 114 valence electrons. The van der Waals surface area contributed by atoms with Crippen LogP contribution in [0.3, 0.4) is 0 Å². The Morgan fingerprint density at radius 1 is 1.33 bits per heavy atom. The number of aromatic nitrogens is 2. The van der Waals surface area contributed by atoms with Gasteiger partial charge in [0.15, 0.2) is 0 Å². The minimum Gasteiger partial charge on any atom is -0.394 e. The molecule has 1 aromatic heterocycles. The van der Waals surface area contributed by atoms with Gasteiger partial charge in [0, 0.05) is 18.8 Å². The third-order valence-electron chi connectivity index (χ3n) is 3.53. The topological polar surface area (TPSA) is 50.1 Å². The minimum absolute atomic E-state index is 0.0532.